The number of nitrogens with one attached hydrogen (secondary N) is 2. The summed E-state index contributed by atoms with van der Waals surface area (Å²) in [5.41, 5.74) is 1.72. The van der Waals surface area contributed by atoms with Gasteiger partial charge in [0.05, 0.1) is 17.7 Å². The molecule has 0 amide bonds. The fourth-order valence-corrected chi connectivity index (χ4v) is 1.95. The highest BCUT2D eigenvalue weighted by Crippen LogP contribution is 2.26. The maximum Gasteiger partial charge on any atom is 0.116 e. The highest BCUT2D eigenvalue weighted by Gasteiger charge is 2.08. The van der Waals surface area contributed by atoms with E-state index in [0.29, 0.717) is 6.54 Å². The molecular formula is C10H11BrClN3O. The number of para-hydroxylation sites is 1. The minimum Gasteiger partial charge on any atom is -0.390 e. The van der Waals surface area contributed by atoms with Crippen LogP contribution in [-0.2, 0) is 0 Å². The molecule has 0 aliphatic rings. The molecule has 2 aromatic rings. The highest BCUT2D eigenvalue weighted by atomic mass is 79.9. The molecule has 0 saturated carbocycles. The SMILES string of the molecule is OC(CCl)CNc1cccc2c(Br)[nH]nc12. The van der Waals surface area contributed by atoms with Crippen LogP contribution >= 0.6 is 27.5 Å². The molecule has 6 heteroatoms. The number of hydrogen-bond donors (Lipinski definition) is 3. The van der Waals surface area contributed by atoms with E-state index in [4.69, 9.17) is 11.6 Å². The number of anilines is 1. The molecule has 3 N–H and O–H groups in total. The van der Waals surface area contributed by atoms with Crippen molar-refractivity contribution in [3.8, 4) is 0 Å². The Morgan fingerprint density at radius 1 is 1.56 bits per heavy atom. The van der Waals surface area contributed by atoms with Crippen LogP contribution in [0.4, 0.5) is 5.69 Å². The lowest BCUT2D eigenvalue weighted by Crippen LogP contribution is -2.20. The van der Waals surface area contributed by atoms with Crippen molar-refractivity contribution >= 4 is 44.1 Å². The van der Waals surface area contributed by atoms with Crippen molar-refractivity contribution in [3.05, 3.63) is 22.8 Å². The van der Waals surface area contributed by atoms with Crippen molar-refractivity contribution in [2.45, 2.75) is 6.10 Å². The number of hydrogen-bond acceptors (Lipinski definition) is 3. The summed E-state index contributed by atoms with van der Waals surface area (Å²) in [6, 6.07) is 5.81. The third-order valence-corrected chi connectivity index (χ3v) is 3.21. The van der Waals surface area contributed by atoms with E-state index >= 15 is 0 Å². The average Bonchev–Trinajstić information content (AvgIpc) is 2.69. The molecule has 1 unspecified atom stereocenters. The molecule has 0 radical (unpaired) electrons. The molecule has 0 aliphatic heterocycles. The average molecular weight is 305 g/mol. The van der Waals surface area contributed by atoms with Gasteiger partial charge in [0.15, 0.2) is 0 Å². The number of aliphatic hydroxyl groups excluding tert-OH is 1. The Morgan fingerprint density at radius 3 is 3.12 bits per heavy atom. The number of aromatic amines is 1. The summed E-state index contributed by atoms with van der Waals surface area (Å²) in [5, 5.41) is 20.5. The van der Waals surface area contributed by atoms with E-state index in [-0.39, 0.29) is 5.88 Å². The van der Waals surface area contributed by atoms with Gasteiger partial charge < -0.3 is 10.4 Å². The molecule has 16 heavy (non-hydrogen) atoms. The van der Waals surface area contributed by atoms with Crippen LogP contribution in [0.2, 0.25) is 0 Å². The van der Waals surface area contributed by atoms with Gasteiger partial charge in [-0.05, 0) is 28.1 Å². The van der Waals surface area contributed by atoms with E-state index in [1.165, 1.54) is 0 Å². The molecule has 1 aromatic heterocycles. The van der Waals surface area contributed by atoms with Crippen molar-refractivity contribution in [1.82, 2.24) is 10.2 Å². The minimum absolute atomic E-state index is 0.216. The molecule has 1 aromatic carbocycles. The zero-order valence-corrected chi connectivity index (χ0v) is 10.7. The Bertz CT molecular complexity index is 488. The van der Waals surface area contributed by atoms with E-state index in [1.807, 2.05) is 18.2 Å². The van der Waals surface area contributed by atoms with Gasteiger partial charge in [-0.25, -0.2) is 0 Å². The molecule has 4 nitrogen and oxygen atoms in total. The zero-order valence-electron chi connectivity index (χ0n) is 8.37. The first-order valence-corrected chi connectivity index (χ1v) is 6.15. The second-order valence-electron chi connectivity index (χ2n) is 3.43. The van der Waals surface area contributed by atoms with E-state index in [0.717, 1.165) is 21.2 Å². The van der Waals surface area contributed by atoms with Crippen LogP contribution in [-0.4, -0.2) is 33.8 Å². The molecule has 86 valence electrons. The Hall–Kier alpha value is -0.780. The summed E-state index contributed by atoms with van der Waals surface area (Å²) in [6.45, 7) is 0.410. The number of fused-ring (bicyclic) bond motifs is 1. The van der Waals surface area contributed by atoms with E-state index < -0.39 is 6.10 Å². The van der Waals surface area contributed by atoms with Crippen LogP contribution in [0.15, 0.2) is 22.8 Å². The van der Waals surface area contributed by atoms with Crippen LogP contribution in [0.25, 0.3) is 10.9 Å². The predicted molar refractivity (Wildman–Crippen MR) is 69.0 cm³/mol. The lowest BCUT2D eigenvalue weighted by Gasteiger charge is -2.10. The number of nitrogens with zero attached hydrogens (tertiary/aromatic N) is 1. The number of alkyl halides is 1. The van der Waals surface area contributed by atoms with Crippen LogP contribution in [0.5, 0.6) is 0 Å². The van der Waals surface area contributed by atoms with Gasteiger partial charge in [-0.3, -0.25) is 5.10 Å². The first-order valence-electron chi connectivity index (χ1n) is 4.83. The number of halogens is 2. The van der Waals surface area contributed by atoms with Crippen molar-refractivity contribution in [2.75, 3.05) is 17.7 Å². The Balaban J connectivity index is 2.24. The minimum atomic E-state index is -0.556. The fraction of sp³-hybridized carbons (Fsp3) is 0.300. The van der Waals surface area contributed by atoms with Crippen molar-refractivity contribution in [2.24, 2.45) is 0 Å². The number of aliphatic hydroxyl groups is 1. The van der Waals surface area contributed by atoms with Crippen LogP contribution in [0.3, 0.4) is 0 Å². The largest absolute Gasteiger partial charge is 0.390 e. The van der Waals surface area contributed by atoms with Crippen LogP contribution in [0.1, 0.15) is 0 Å². The molecule has 2 rings (SSSR count). The molecular weight excluding hydrogens is 293 g/mol. The Kier molecular flexibility index (Phi) is 3.68. The van der Waals surface area contributed by atoms with Crippen LogP contribution in [0, 0.1) is 0 Å². The summed E-state index contributed by atoms with van der Waals surface area (Å²) in [5.74, 6) is 0.216. The fourth-order valence-electron chi connectivity index (χ4n) is 1.43. The topological polar surface area (TPSA) is 60.9 Å². The van der Waals surface area contributed by atoms with Gasteiger partial charge in [0.25, 0.3) is 0 Å². The smallest absolute Gasteiger partial charge is 0.116 e. The summed E-state index contributed by atoms with van der Waals surface area (Å²) in [6.07, 6.45) is -0.556. The van der Waals surface area contributed by atoms with E-state index in [2.05, 4.69) is 31.4 Å². The molecule has 0 spiro atoms. The zero-order chi connectivity index (χ0) is 11.5. The molecule has 0 saturated heterocycles. The van der Waals surface area contributed by atoms with E-state index in [1.54, 1.807) is 0 Å². The quantitative estimate of drug-likeness (QED) is 0.760. The highest BCUT2D eigenvalue weighted by molar-refractivity contribution is 9.10. The second kappa shape index (κ2) is 5.03. The maximum absolute atomic E-state index is 9.36. The van der Waals surface area contributed by atoms with Gasteiger partial charge in [0.1, 0.15) is 10.1 Å². The molecule has 1 atom stereocenters. The third-order valence-electron chi connectivity index (χ3n) is 2.24. The molecule has 0 bridgehead atoms. The third kappa shape index (κ3) is 2.31. The normalized spacial score (nSPS) is 12.9. The van der Waals surface area contributed by atoms with Crippen LogP contribution < -0.4 is 5.32 Å². The van der Waals surface area contributed by atoms with Gasteiger partial charge in [-0.2, -0.15) is 5.10 Å². The summed E-state index contributed by atoms with van der Waals surface area (Å²) >= 11 is 8.90. The molecule has 1 heterocycles. The van der Waals surface area contributed by atoms with Gasteiger partial charge in [-0.1, -0.05) is 6.07 Å². The second-order valence-corrected chi connectivity index (χ2v) is 4.53. The number of H-pyrrole nitrogens is 1. The van der Waals surface area contributed by atoms with Crippen molar-refractivity contribution in [1.29, 1.82) is 0 Å². The first kappa shape index (κ1) is 11.7. The predicted octanol–water partition coefficient (Wildman–Crippen LogP) is 2.34. The van der Waals surface area contributed by atoms with Crippen molar-refractivity contribution < 1.29 is 5.11 Å². The first-order chi connectivity index (χ1) is 7.72. The van der Waals surface area contributed by atoms with Crippen molar-refractivity contribution in [3.63, 3.8) is 0 Å². The number of aromatic nitrogens is 2. The lowest BCUT2D eigenvalue weighted by molar-refractivity contribution is 0.211. The van der Waals surface area contributed by atoms with Gasteiger partial charge in [0.2, 0.25) is 0 Å². The standard InChI is InChI=1S/C10H11BrClN3O/c11-10-7-2-1-3-8(9(7)14-15-10)13-5-6(16)4-12/h1-3,6,13,16H,4-5H2,(H,14,15). The molecule has 0 fully saturated rings. The van der Waals surface area contributed by atoms with Gasteiger partial charge in [0, 0.05) is 11.9 Å². The number of rotatable bonds is 4. The summed E-state index contributed by atoms with van der Waals surface area (Å²) in [7, 11) is 0. The lowest BCUT2D eigenvalue weighted by atomic mass is 10.2. The monoisotopic (exact) mass is 303 g/mol. The Morgan fingerprint density at radius 2 is 2.38 bits per heavy atom. The van der Waals surface area contributed by atoms with E-state index in [9.17, 15) is 5.11 Å². The van der Waals surface area contributed by atoms with Gasteiger partial charge in [-0.15, -0.1) is 11.6 Å². The number of benzene rings is 1. The maximum atomic E-state index is 9.36. The Labute approximate surface area is 106 Å². The van der Waals surface area contributed by atoms with Gasteiger partial charge >= 0.3 is 0 Å². The summed E-state index contributed by atoms with van der Waals surface area (Å²) in [4.78, 5) is 0. The summed E-state index contributed by atoms with van der Waals surface area (Å²) < 4.78 is 0.851. The molecule has 0 aliphatic carbocycles.